The van der Waals surface area contributed by atoms with Gasteiger partial charge in [0.25, 0.3) is 0 Å². The number of hydrogen-bond donors (Lipinski definition) is 2. The Labute approximate surface area is 126 Å². The van der Waals surface area contributed by atoms with Gasteiger partial charge in [-0.3, -0.25) is 11.3 Å². The summed E-state index contributed by atoms with van der Waals surface area (Å²) in [6, 6.07) is 8.64. The van der Waals surface area contributed by atoms with Gasteiger partial charge in [0.1, 0.15) is 0 Å². The van der Waals surface area contributed by atoms with Gasteiger partial charge in [-0.05, 0) is 39.7 Å². The first-order valence-corrected chi connectivity index (χ1v) is 7.39. The number of nitrogens with two attached hydrogens (primary N) is 1. The molecule has 1 unspecified atom stereocenters. The van der Waals surface area contributed by atoms with Crippen LogP contribution in [-0.4, -0.2) is 0 Å². The normalized spacial score (nSPS) is 13.4. The Morgan fingerprint density at radius 3 is 2.45 bits per heavy atom. The molecule has 0 aliphatic heterocycles. The SMILES string of the molecule is NNC(Cc1ccc(Br)s1)c1ccccc1C(F)(F)F. The second-order valence-electron chi connectivity index (χ2n) is 4.21. The Kier molecular flexibility index (Phi) is 4.85. The number of thiophene rings is 1. The van der Waals surface area contributed by atoms with Gasteiger partial charge in [0.15, 0.2) is 0 Å². The molecule has 1 atom stereocenters. The van der Waals surface area contributed by atoms with E-state index in [-0.39, 0.29) is 5.56 Å². The number of alkyl halides is 3. The van der Waals surface area contributed by atoms with Crippen LogP contribution < -0.4 is 11.3 Å². The Morgan fingerprint density at radius 2 is 1.90 bits per heavy atom. The summed E-state index contributed by atoms with van der Waals surface area (Å²) < 4.78 is 40.0. The molecule has 0 aliphatic carbocycles. The second kappa shape index (κ2) is 6.26. The summed E-state index contributed by atoms with van der Waals surface area (Å²) in [7, 11) is 0. The molecule has 0 saturated heterocycles. The quantitative estimate of drug-likeness (QED) is 0.627. The van der Waals surface area contributed by atoms with Crippen molar-refractivity contribution in [1.82, 2.24) is 5.43 Å². The average Bonchev–Trinajstić information content (AvgIpc) is 2.80. The molecule has 3 N–H and O–H groups in total. The number of nitrogens with one attached hydrogen (secondary N) is 1. The van der Waals surface area contributed by atoms with Gasteiger partial charge in [-0.2, -0.15) is 13.2 Å². The van der Waals surface area contributed by atoms with Gasteiger partial charge in [-0.25, -0.2) is 0 Å². The van der Waals surface area contributed by atoms with E-state index < -0.39 is 17.8 Å². The van der Waals surface area contributed by atoms with Crippen molar-refractivity contribution in [2.45, 2.75) is 18.6 Å². The highest BCUT2D eigenvalue weighted by molar-refractivity contribution is 9.11. The third-order valence-corrected chi connectivity index (χ3v) is 4.52. The van der Waals surface area contributed by atoms with Gasteiger partial charge in [-0.1, -0.05) is 18.2 Å². The predicted octanol–water partition coefficient (Wildman–Crippen LogP) is 4.28. The molecule has 20 heavy (non-hydrogen) atoms. The topological polar surface area (TPSA) is 38.0 Å². The van der Waals surface area contributed by atoms with E-state index in [2.05, 4.69) is 21.4 Å². The molecule has 0 bridgehead atoms. The van der Waals surface area contributed by atoms with E-state index in [1.165, 1.54) is 23.5 Å². The Hall–Kier alpha value is -0.890. The van der Waals surface area contributed by atoms with Crippen molar-refractivity contribution in [3.05, 3.63) is 56.2 Å². The zero-order valence-electron chi connectivity index (χ0n) is 10.2. The van der Waals surface area contributed by atoms with Gasteiger partial charge in [0.05, 0.1) is 15.4 Å². The third-order valence-electron chi connectivity index (χ3n) is 2.88. The number of hydrazine groups is 1. The van der Waals surface area contributed by atoms with Crippen LogP contribution in [0.1, 0.15) is 22.0 Å². The highest BCUT2D eigenvalue weighted by atomic mass is 79.9. The summed E-state index contributed by atoms with van der Waals surface area (Å²) in [6.45, 7) is 0. The summed E-state index contributed by atoms with van der Waals surface area (Å²) in [5.74, 6) is 5.45. The maximum atomic E-state index is 13.0. The molecular weight excluding hydrogens is 353 g/mol. The fourth-order valence-electron chi connectivity index (χ4n) is 1.98. The standard InChI is InChI=1S/C13H12BrF3N2S/c14-12-6-5-8(20-12)7-11(19-18)9-3-1-2-4-10(9)13(15,16)17/h1-6,11,19H,7,18H2. The second-order valence-corrected chi connectivity index (χ2v) is 6.76. The Morgan fingerprint density at radius 1 is 1.20 bits per heavy atom. The molecule has 1 heterocycles. The van der Waals surface area contributed by atoms with E-state index >= 15 is 0 Å². The number of benzene rings is 1. The van der Waals surface area contributed by atoms with Gasteiger partial charge in [0, 0.05) is 11.3 Å². The van der Waals surface area contributed by atoms with Crippen LogP contribution in [0.15, 0.2) is 40.2 Å². The molecule has 2 aromatic rings. The lowest BCUT2D eigenvalue weighted by Crippen LogP contribution is -2.31. The molecule has 7 heteroatoms. The lowest BCUT2D eigenvalue weighted by Gasteiger charge is -2.20. The van der Waals surface area contributed by atoms with E-state index in [9.17, 15) is 13.2 Å². The minimum atomic E-state index is -4.39. The summed E-state index contributed by atoms with van der Waals surface area (Å²) in [4.78, 5) is 0.955. The van der Waals surface area contributed by atoms with Crippen LogP contribution in [0.2, 0.25) is 0 Å². The fourth-order valence-corrected chi connectivity index (χ4v) is 3.51. The number of hydrogen-bond acceptors (Lipinski definition) is 3. The molecule has 0 amide bonds. The highest BCUT2D eigenvalue weighted by Crippen LogP contribution is 2.36. The van der Waals surface area contributed by atoms with E-state index in [1.807, 2.05) is 12.1 Å². The van der Waals surface area contributed by atoms with Crippen molar-refractivity contribution in [2.24, 2.45) is 5.84 Å². The molecule has 1 aromatic heterocycles. The zero-order valence-corrected chi connectivity index (χ0v) is 12.6. The van der Waals surface area contributed by atoms with Crippen LogP contribution in [0, 0.1) is 0 Å². The molecule has 0 radical (unpaired) electrons. The van der Waals surface area contributed by atoms with Crippen molar-refractivity contribution < 1.29 is 13.2 Å². The van der Waals surface area contributed by atoms with E-state index in [0.717, 1.165) is 14.7 Å². The fraction of sp³-hybridized carbons (Fsp3) is 0.231. The molecule has 0 saturated carbocycles. The number of halogens is 4. The molecule has 0 fully saturated rings. The molecule has 2 nitrogen and oxygen atoms in total. The van der Waals surface area contributed by atoms with Crippen LogP contribution >= 0.6 is 27.3 Å². The molecule has 0 aliphatic rings. The Bertz CT molecular complexity index is 583. The molecule has 108 valence electrons. The molecular formula is C13H12BrF3N2S. The molecule has 0 spiro atoms. The van der Waals surface area contributed by atoms with Gasteiger partial charge in [0.2, 0.25) is 0 Å². The monoisotopic (exact) mass is 364 g/mol. The lowest BCUT2D eigenvalue weighted by molar-refractivity contribution is -0.138. The Balaban J connectivity index is 2.32. The summed E-state index contributed by atoms with van der Waals surface area (Å²) in [5, 5.41) is 0. The van der Waals surface area contributed by atoms with Crippen molar-refractivity contribution in [3.63, 3.8) is 0 Å². The van der Waals surface area contributed by atoms with Crippen LogP contribution in [-0.2, 0) is 12.6 Å². The summed E-state index contributed by atoms with van der Waals surface area (Å²) >= 11 is 4.81. The smallest absolute Gasteiger partial charge is 0.271 e. The highest BCUT2D eigenvalue weighted by Gasteiger charge is 2.34. The van der Waals surface area contributed by atoms with E-state index in [4.69, 9.17) is 5.84 Å². The average molecular weight is 365 g/mol. The largest absolute Gasteiger partial charge is 0.416 e. The maximum Gasteiger partial charge on any atom is 0.416 e. The zero-order chi connectivity index (χ0) is 14.8. The van der Waals surface area contributed by atoms with Gasteiger partial charge < -0.3 is 0 Å². The minimum absolute atomic E-state index is 0.159. The van der Waals surface area contributed by atoms with Crippen molar-refractivity contribution in [1.29, 1.82) is 0 Å². The maximum absolute atomic E-state index is 13.0. The van der Waals surface area contributed by atoms with E-state index in [0.29, 0.717) is 6.42 Å². The van der Waals surface area contributed by atoms with Gasteiger partial charge >= 0.3 is 6.18 Å². The van der Waals surface area contributed by atoms with E-state index in [1.54, 1.807) is 6.07 Å². The lowest BCUT2D eigenvalue weighted by atomic mass is 9.97. The molecule has 2 rings (SSSR count). The van der Waals surface area contributed by atoms with Crippen molar-refractivity contribution in [2.75, 3.05) is 0 Å². The third kappa shape index (κ3) is 3.60. The van der Waals surface area contributed by atoms with Crippen LogP contribution in [0.3, 0.4) is 0 Å². The van der Waals surface area contributed by atoms with Crippen LogP contribution in [0.5, 0.6) is 0 Å². The summed E-state index contributed by atoms with van der Waals surface area (Å²) in [5.41, 5.74) is 1.99. The van der Waals surface area contributed by atoms with Gasteiger partial charge in [-0.15, -0.1) is 11.3 Å². The first-order valence-electron chi connectivity index (χ1n) is 5.78. The van der Waals surface area contributed by atoms with Crippen LogP contribution in [0.4, 0.5) is 13.2 Å². The number of rotatable bonds is 4. The first-order chi connectivity index (χ1) is 9.41. The first kappa shape index (κ1) is 15.5. The minimum Gasteiger partial charge on any atom is -0.271 e. The van der Waals surface area contributed by atoms with Crippen LogP contribution in [0.25, 0.3) is 0 Å². The summed E-state index contributed by atoms with van der Waals surface area (Å²) in [6.07, 6.45) is -3.98. The van der Waals surface area contributed by atoms with Crippen molar-refractivity contribution >= 4 is 27.3 Å². The van der Waals surface area contributed by atoms with Crippen molar-refractivity contribution in [3.8, 4) is 0 Å². The predicted molar refractivity (Wildman–Crippen MR) is 77.2 cm³/mol. The molecule has 1 aromatic carbocycles.